The molecule has 4 rings (SSSR count). The van der Waals surface area contributed by atoms with Gasteiger partial charge in [0, 0.05) is 31.0 Å². The summed E-state index contributed by atoms with van der Waals surface area (Å²) >= 11 is 0. The van der Waals surface area contributed by atoms with E-state index in [-0.39, 0.29) is 31.4 Å². The molecule has 3 heterocycles. The highest BCUT2D eigenvalue weighted by Gasteiger charge is 2.32. The number of Topliss-reactive ketones (excluding diaryl/α,β-unsaturated/α-hetero) is 1. The maximum absolute atomic E-state index is 12.1. The molecule has 2 aliphatic rings. The summed E-state index contributed by atoms with van der Waals surface area (Å²) in [5, 5.41) is 8.57. The number of ketones is 1. The molecule has 0 bridgehead atoms. The Morgan fingerprint density at radius 2 is 1.48 bits per heavy atom. The van der Waals surface area contributed by atoms with Gasteiger partial charge in [0.15, 0.2) is 0 Å². The number of hydrogen-bond acceptors (Lipinski definition) is 6. The monoisotopic (exact) mass is 643 g/mol. The van der Waals surface area contributed by atoms with Crippen LogP contribution in [0.15, 0.2) is 30.5 Å². The molecule has 11 nitrogen and oxygen atoms in total. The SMILES string of the molecule is CCCC.CCCCCC(=O)CCC.COn1cc(C)c2ccccc21.O=C1CNC(=O)CNC(=O)C2CCCCN2C(=O)CN1. The molecule has 2 aliphatic heterocycles. The fraction of sp³-hybridized carbons (Fsp3) is 0.629. The fourth-order valence-corrected chi connectivity index (χ4v) is 4.81. The number of benzene rings is 1. The smallest absolute Gasteiger partial charge is 0.243 e. The molecule has 4 amide bonds. The molecule has 1 atom stereocenters. The van der Waals surface area contributed by atoms with Crippen LogP contribution in [-0.4, -0.2) is 78.4 Å². The fourth-order valence-electron chi connectivity index (χ4n) is 4.81. The van der Waals surface area contributed by atoms with Crippen molar-refractivity contribution in [1.29, 1.82) is 0 Å². The average molecular weight is 644 g/mol. The Kier molecular flexibility index (Phi) is 20.5. The molecule has 258 valence electrons. The largest absolute Gasteiger partial charge is 0.417 e. The van der Waals surface area contributed by atoms with Crippen LogP contribution >= 0.6 is 0 Å². The summed E-state index contributed by atoms with van der Waals surface area (Å²) in [7, 11) is 1.67. The third kappa shape index (κ3) is 14.9. The van der Waals surface area contributed by atoms with E-state index in [1.165, 1.54) is 41.5 Å². The zero-order valence-electron chi connectivity index (χ0n) is 28.9. The molecule has 11 heteroatoms. The lowest BCUT2D eigenvalue weighted by atomic mass is 10.0. The molecule has 1 aromatic heterocycles. The van der Waals surface area contributed by atoms with Gasteiger partial charge in [-0.2, -0.15) is 4.73 Å². The summed E-state index contributed by atoms with van der Waals surface area (Å²) < 4.78 is 1.78. The van der Waals surface area contributed by atoms with E-state index < -0.39 is 17.9 Å². The third-order valence-electron chi connectivity index (χ3n) is 7.59. The summed E-state index contributed by atoms with van der Waals surface area (Å²) in [6.07, 6.45) is 13.0. The van der Waals surface area contributed by atoms with E-state index in [2.05, 4.69) is 56.6 Å². The molecule has 2 saturated heterocycles. The van der Waals surface area contributed by atoms with Crippen molar-refractivity contribution in [2.24, 2.45) is 0 Å². The number of hydrogen-bond donors (Lipinski definition) is 3. The Hall–Kier alpha value is -3.89. The van der Waals surface area contributed by atoms with Crippen molar-refractivity contribution in [2.45, 2.75) is 111 Å². The number of piperidine rings is 1. The summed E-state index contributed by atoms with van der Waals surface area (Å²) in [4.78, 5) is 64.5. The lowest BCUT2D eigenvalue weighted by Crippen LogP contribution is -2.56. The third-order valence-corrected chi connectivity index (χ3v) is 7.59. The minimum absolute atomic E-state index is 0.154. The number of nitrogens with zero attached hydrogens (tertiary/aromatic N) is 2. The van der Waals surface area contributed by atoms with Crippen LogP contribution in [-0.2, 0) is 24.0 Å². The number of unbranched alkanes of at least 4 members (excludes halogenated alkanes) is 3. The first kappa shape index (κ1) is 40.1. The van der Waals surface area contributed by atoms with Crippen molar-refractivity contribution in [1.82, 2.24) is 25.6 Å². The van der Waals surface area contributed by atoms with Crippen LogP contribution in [0.1, 0.15) is 104 Å². The van der Waals surface area contributed by atoms with E-state index in [1.807, 2.05) is 24.4 Å². The first-order valence-corrected chi connectivity index (χ1v) is 16.9. The molecule has 46 heavy (non-hydrogen) atoms. The Balaban J connectivity index is 0.000000348. The normalized spacial score (nSPS) is 16.7. The van der Waals surface area contributed by atoms with E-state index in [0.29, 0.717) is 18.7 Å². The zero-order chi connectivity index (χ0) is 34.3. The number of aryl methyl sites for hydroxylation is 1. The van der Waals surface area contributed by atoms with Gasteiger partial charge in [-0.05, 0) is 50.7 Å². The van der Waals surface area contributed by atoms with Gasteiger partial charge in [-0.15, -0.1) is 0 Å². The number of carbonyl (C=O) groups excluding carboxylic acids is 5. The van der Waals surface area contributed by atoms with Crippen LogP contribution < -0.4 is 20.8 Å². The molecule has 0 radical (unpaired) electrons. The second kappa shape index (κ2) is 23.4. The highest BCUT2D eigenvalue weighted by Crippen LogP contribution is 2.19. The summed E-state index contributed by atoms with van der Waals surface area (Å²) in [6.45, 7) is 10.6. The lowest BCUT2D eigenvalue weighted by molar-refractivity contribution is -0.143. The van der Waals surface area contributed by atoms with Crippen LogP contribution in [0.2, 0.25) is 0 Å². The molecular formula is C35H57N5O6. The minimum atomic E-state index is -0.555. The standard InChI is InChI=1S/C12H18N4O4.C10H11NO.C9H18O.C4H10/c17-9-5-13-10(18)6-15-12(20)8-3-1-2-4-16(8)11(19)7-14-9;1-8-7-11(12-2)10-6-4-3-5-9(8)10;1-3-5-6-8-9(10)7-4-2;1-3-4-2/h8H,1-7H2,(H,13,18)(H,14,17)(H,15,20);3-7H,1-2H3;3-8H2,1-2H3;3-4H2,1-2H3. The Labute approximate surface area is 275 Å². The molecule has 0 spiro atoms. The Morgan fingerprint density at radius 1 is 0.826 bits per heavy atom. The van der Waals surface area contributed by atoms with E-state index in [1.54, 1.807) is 11.8 Å². The van der Waals surface area contributed by atoms with E-state index >= 15 is 0 Å². The van der Waals surface area contributed by atoms with Gasteiger partial charge in [-0.3, -0.25) is 24.0 Å². The number of fused-ring (bicyclic) bond motifs is 2. The average Bonchev–Trinajstić information content (AvgIpc) is 3.41. The van der Waals surface area contributed by atoms with Crippen LogP contribution in [0, 0.1) is 6.92 Å². The van der Waals surface area contributed by atoms with Crippen molar-refractivity contribution in [3.8, 4) is 0 Å². The van der Waals surface area contributed by atoms with Crippen LogP contribution in [0.3, 0.4) is 0 Å². The molecule has 2 fully saturated rings. The molecule has 2 aromatic rings. The molecule has 1 aromatic carbocycles. The number of carbonyl (C=O) groups is 5. The number of rotatable bonds is 8. The highest BCUT2D eigenvalue weighted by atomic mass is 16.6. The first-order chi connectivity index (χ1) is 22.1. The van der Waals surface area contributed by atoms with Crippen LogP contribution in [0.4, 0.5) is 0 Å². The molecular weight excluding hydrogens is 586 g/mol. The van der Waals surface area contributed by atoms with Crippen LogP contribution in [0.5, 0.6) is 0 Å². The van der Waals surface area contributed by atoms with Crippen molar-refractivity contribution >= 4 is 40.3 Å². The number of nitrogens with one attached hydrogen (secondary N) is 3. The Bertz CT molecular complexity index is 1190. The number of aromatic nitrogens is 1. The summed E-state index contributed by atoms with van der Waals surface area (Å²) in [5.41, 5.74) is 2.37. The number of amides is 4. The predicted molar refractivity (Wildman–Crippen MR) is 182 cm³/mol. The molecule has 3 N–H and O–H groups in total. The van der Waals surface area contributed by atoms with Crippen molar-refractivity contribution < 1.29 is 28.8 Å². The zero-order valence-corrected chi connectivity index (χ0v) is 28.9. The minimum Gasteiger partial charge on any atom is -0.417 e. The maximum atomic E-state index is 12.1. The van der Waals surface area contributed by atoms with Gasteiger partial charge in [-0.25, -0.2) is 0 Å². The summed E-state index contributed by atoms with van der Waals surface area (Å²) in [6, 6.07) is 7.64. The quantitative estimate of drug-likeness (QED) is 0.363. The van der Waals surface area contributed by atoms with Gasteiger partial charge in [0.2, 0.25) is 23.6 Å². The van der Waals surface area contributed by atoms with E-state index in [0.717, 1.165) is 44.0 Å². The van der Waals surface area contributed by atoms with Gasteiger partial charge in [0.1, 0.15) is 18.9 Å². The second-order valence-corrected chi connectivity index (χ2v) is 11.5. The highest BCUT2D eigenvalue weighted by molar-refractivity contribution is 5.94. The van der Waals surface area contributed by atoms with Crippen molar-refractivity contribution in [3.05, 3.63) is 36.0 Å². The van der Waals surface area contributed by atoms with Gasteiger partial charge >= 0.3 is 0 Å². The second-order valence-electron chi connectivity index (χ2n) is 11.5. The van der Waals surface area contributed by atoms with Gasteiger partial charge < -0.3 is 25.7 Å². The van der Waals surface area contributed by atoms with E-state index in [4.69, 9.17) is 4.84 Å². The number of para-hydroxylation sites is 1. The van der Waals surface area contributed by atoms with Gasteiger partial charge in [-0.1, -0.05) is 71.6 Å². The van der Waals surface area contributed by atoms with Crippen molar-refractivity contribution in [3.63, 3.8) is 0 Å². The summed E-state index contributed by atoms with van der Waals surface area (Å²) in [5.74, 6) is -1.00. The topological polar surface area (TPSA) is 139 Å². The van der Waals surface area contributed by atoms with Crippen molar-refractivity contribution in [2.75, 3.05) is 33.3 Å². The molecule has 0 saturated carbocycles. The van der Waals surface area contributed by atoms with E-state index in [9.17, 15) is 24.0 Å². The predicted octanol–water partition coefficient (Wildman–Crippen LogP) is 4.48. The first-order valence-electron chi connectivity index (χ1n) is 16.9. The van der Waals surface area contributed by atoms with Gasteiger partial charge in [0.05, 0.1) is 25.2 Å². The molecule has 0 aliphatic carbocycles. The van der Waals surface area contributed by atoms with Crippen LogP contribution in [0.25, 0.3) is 10.9 Å². The Morgan fingerprint density at radius 3 is 2.11 bits per heavy atom. The lowest BCUT2D eigenvalue weighted by Gasteiger charge is -2.35. The molecule has 1 unspecified atom stereocenters. The maximum Gasteiger partial charge on any atom is 0.243 e. The van der Waals surface area contributed by atoms with Gasteiger partial charge in [0.25, 0.3) is 0 Å².